The average Bonchev–Trinajstić information content (AvgIpc) is 2.67. The van der Waals surface area contributed by atoms with Crippen LogP contribution in [0, 0.1) is 0 Å². The molecule has 0 bridgehead atoms. The first kappa shape index (κ1) is 22.1. The first-order valence-electron chi connectivity index (χ1n) is 9.44. The number of ether oxygens (including phenoxy) is 3. The molecule has 0 aliphatic rings. The topological polar surface area (TPSA) is 85.5 Å². The Kier molecular flexibility index (Phi) is 8.63. The van der Waals surface area contributed by atoms with Crippen molar-refractivity contribution in [2.24, 2.45) is 0 Å². The van der Waals surface area contributed by atoms with E-state index in [1.54, 1.807) is 7.11 Å². The summed E-state index contributed by atoms with van der Waals surface area (Å²) in [5.74, 6) is 1.74. The van der Waals surface area contributed by atoms with Crippen LogP contribution in [0.4, 0.5) is 5.69 Å². The average molecular weight is 454 g/mol. The van der Waals surface area contributed by atoms with Crippen molar-refractivity contribution in [1.82, 2.24) is 10.2 Å². The third-order valence-corrected chi connectivity index (χ3v) is 4.70. The molecule has 1 aromatic heterocycles. The third-order valence-electron chi connectivity index (χ3n) is 3.94. The second-order valence-electron chi connectivity index (χ2n) is 6.61. The van der Waals surface area contributed by atoms with Gasteiger partial charge >= 0.3 is 0 Å². The molecule has 0 saturated carbocycles. The number of anilines is 1. The molecule has 0 aliphatic heterocycles. The first-order valence-corrected chi connectivity index (χ1v) is 10.2. The highest BCUT2D eigenvalue weighted by molar-refractivity contribution is 9.10. The van der Waals surface area contributed by atoms with E-state index in [2.05, 4.69) is 38.4 Å². The number of unbranched alkanes of at least 4 members (excludes halogenated alkanes) is 2. The number of rotatable bonds is 11. The van der Waals surface area contributed by atoms with Gasteiger partial charge in [-0.2, -0.15) is 0 Å². The lowest BCUT2D eigenvalue weighted by atomic mass is 10.2. The number of hydrogen-bond acceptors (Lipinski definition) is 6. The van der Waals surface area contributed by atoms with E-state index in [1.807, 2.05) is 32.0 Å². The molecule has 2 aromatic rings. The van der Waals surface area contributed by atoms with Crippen LogP contribution in [-0.2, 0) is 6.54 Å². The second kappa shape index (κ2) is 10.9. The van der Waals surface area contributed by atoms with Crippen molar-refractivity contribution in [3.8, 4) is 17.4 Å². The van der Waals surface area contributed by atoms with Gasteiger partial charge in [-0.15, -0.1) is 5.10 Å². The van der Waals surface area contributed by atoms with Crippen molar-refractivity contribution in [3.05, 3.63) is 38.6 Å². The Labute approximate surface area is 173 Å². The lowest BCUT2D eigenvalue weighted by Crippen LogP contribution is -2.17. The fraction of sp³-hybridized carbons (Fsp3) is 0.500. The number of halogens is 1. The van der Waals surface area contributed by atoms with Crippen molar-refractivity contribution in [2.75, 3.05) is 19.0 Å². The summed E-state index contributed by atoms with van der Waals surface area (Å²) in [6, 6.07) is 5.76. The summed E-state index contributed by atoms with van der Waals surface area (Å²) in [7, 11) is 1.63. The van der Waals surface area contributed by atoms with E-state index in [-0.39, 0.29) is 11.7 Å². The van der Waals surface area contributed by atoms with Gasteiger partial charge in [0.2, 0.25) is 0 Å². The molecule has 1 heterocycles. The van der Waals surface area contributed by atoms with Crippen molar-refractivity contribution < 1.29 is 14.2 Å². The highest BCUT2D eigenvalue weighted by Gasteiger charge is 2.15. The summed E-state index contributed by atoms with van der Waals surface area (Å²) in [6.45, 7) is 7.07. The lowest BCUT2D eigenvalue weighted by molar-refractivity contribution is 0.231. The summed E-state index contributed by atoms with van der Waals surface area (Å²) < 4.78 is 17.3. The summed E-state index contributed by atoms with van der Waals surface area (Å²) >= 11 is 3.31. The molecule has 8 heteroatoms. The zero-order valence-corrected chi connectivity index (χ0v) is 18.4. The van der Waals surface area contributed by atoms with Gasteiger partial charge in [0.1, 0.15) is 10.2 Å². The quantitative estimate of drug-likeness (QED) is 0.486. The van der Waals surface area contributed by atoms with E-state index in [0.29, 0.717) is 40.7 Å². The van der Waals surface area contributed by atoms with Gasteiger partial charge in [0.05, 0.1) is 19.8 Å². The molecule has 0 atom stereocenters. The number of H-pyrrole nitrogens is 1. The molecule has 2 rings (SSSR count). The smallest absolute Gasteiger partial charge is 0.280 e. The van der Waals surface area contributed by atoms with Gasteiger partial charge < -0.3 is 19.5 Å². The van der Waals surface area contributed by atoms with Gasteiger partial charge in [-0.1, -0.05) is 25.8 Å². The predicted molar refractivity (Wildman–Crippen MR) is 114 cm³/mol. The van der Waals surface area contributed by atoms with E-state index in [9.17, 15) is 4.79 Å². The molecule has 0 spiro atoms. The molecule has 28 heavy (non-hydrogen) atoms. The van der Waals surface area contributed by atoms with E-state index in [1.165, 1.54) is 0 Å². The zero-order chi connectivity index (χ0) is 20.5. The standard InChI is InChI=1S/C20H28BrN3O4/c1-5-6-7-10-27-16-11-14(8-9-15(16)26-4)12-22-18-17(21)19(25)23-24-20(18)28-13(2)3/h8-9,11,13H,5-7,10,12H2,1-4H3,(H2,22,23,25). The molecular weight excluding hydrogens is 426 g/mol. The molecule has 2 N–H and O–H groups in total. The summed E-state index contributed by atoms with van der Waals surface area (Å²) in [5.41, 5.74) is 1.17. The van der Waals surface area contributed by atoms with Gasteiger partial charge in [-0.25, -0.2) is 5.10 Å². The van der Waals surface area contributed by atoms with Crippen molar-refractivity contribution in [1.29, 1.82) is 0 Å². The summed E-state index contributed by atoms with van der Waals surface area (Å²) in [4.78, 5) is 11.9. The van der Waals surface area contributed by atoms with Crippen LogP contribution in [0.2, 0.25) is 0 Å². The van der Waals surface area contributed by atoms with Crippen LogP contribution in [0.1, 0.15) is 45.6 Å². The molecule has 0 unspecified atom stereocenters. The normalized spacial score (nSPS) is 10.8. The molecular formula is C20H28BrN3O4. The van der Waals surface area contributed by atoms with Gasteiger partial charge in [-0.3, -0.25) is 4.79 Å². The number of benzene rings is 1. The van der Waals surface area contributed by atoms with Crippen LogP contribution < -0.4 is 25.1 Å². The maximum atomic E-state index is 11.9. The van der Waals surface area contributed by atoms with E-state index >= 15 is 0 Å². The Morgan fingerprint density at radius 2 is 2.04 bits per heavy atom. The Morgan fingerprint density at radius 1 is 1.25 bits per heavy atom. The predicted octanol–water partition coefficient (Wildman–Crippen LogP) is 4.51. The highest BCUT2D eigenvalue weighted by atomic mass is 79.9. The van der Waals surface area contributed by atoms with Gasteiger partial charge in [0, 0.05) is 6.54 Å². The first-order chi connectivity index (χ1) is 13.5. The number of aromatic nitrogens is 2. The molecule has 1 aromatic carbocycles. The maximum absolute atomic E-state index is 11.9. The number of nitrogens with one attached hydrogen (secondary N) is 2. The highest BCUT2D eigenvalue weighted by Crippen LogP contribution is 2.31. The Bertz CT molecular complexity index is 824. The van der Waals surface area contributed by atoms with E-state index < -0.39 is 0 Å². The van der Waals surface area contributed by atoms with Crippen LogP contribution in [0.15, 0.2) is 27.5 Å². The lowest BCUT2D eigenvalue weighted by Gasteiger charge is -2.16. The monoisotopic (exact) mass is 453 g/mol. The van der Waals surface area contributed by atoms with Crippen LogP contribution in [0.25, 0.3) is 0 Å². The second-order valence-corrected chi connectivity index (χ2v) is 7.40. The fourth-order valence-corrected chi connectivity index (χ4v) is 2.94. The van der Waals surface area contributed by atoms with Crippen LogP contribution in [-0.4, -0.2) is 30.0 Å². The number of nitrogens with zero attached hydrogens (tertiary/aromatic N) is 1. The molecule has 0 radical (unpaired) electrons. The van der Waals surface area contributed by atoms with Gasteiger partial charge in [0.25, 0.3) is 11.4 Å². The maximum Gasteiger partial charge on any atom is 0.280 e. The number of methoxy groups -OCH3 is 1. The van der Waals surface area contributed by atoms with Crippen molar-refractivity contribution in [3.63, 3.8) is 0 Å². The third kappa shape index (κ3) is 6.15. The molecule has 0 amide bonds. The van der Waals surface area contributed by atoms with E-state index in [4.69, 9.17) is 14.2 Å². The number of hydrogen-bond donors (Lipinski definition) is 2. The van der Waals surface area contributed by atoms with E-state index in [0.717, 1.165) is 24.8 Å². The summed E-state index contributed by atoms with van der Waals surface area (Å²) in [5, 5.41) is 9.65. The molecule has 154 valence electrons. The number of aromatic amines is 1. The van der Waals surface area contributed by atoms with Crippen LogP contribution in [0.3, 0.4) is 0 Å². The molecule has 7 nitrogen and oxygen atoms in total. The Hall–Kier alpha value is -2.22. The van der Waals surface area contributed by atoms with Gasteiger partial charge in [0.15, 0.2) is 11.5 Å². The minimum atomic E-state index is -0.326. The molecule has 0 saturated heterocycles. The minimum absolute atomic E-state index is 0.0741. The van der Waals surface area contributed by atoms with Crippen molar-refractivity contribution >= 4 is 21.6 Å². The SMILES string of the molecule is CCCCCOc1cc(CNc2c(OC(C)C)n[nH]c(=O)c2Br)ccc1OC. The van der Waals surface area contributed by atoms with Crippen LogP contribution in [0.5, 0.6) is 17.4 Å². The van der Waals surface area contributed by atoms with Gasteiger partial charge in [-0.05, 0) is 53.9 Å². The van der Waals surface area contributed by atoms with Crippen molar-refractivity contribution in [2.45, 2.75) is 52.7 Å². The Morgan fingerprint density at radius 3 is 2.71 bits per heavy atom. The fourth-order valence-electron chi connectivity index (χ4n) is 2.54. The molecule has 0 aliphatic carbocycles. The summed E-state index contributed by atoms with van der Waals surface area (Å²) in [6.07, 6.45) is 3.20. The largest absolute Gasteiger partial charge is 0.493 e. The minimum Gasteiger partial charge on any atom is -0.493 e. The Balaban J connectivity index is 2.16. The zero-order valence-electron chi connectivity index (χ0n) is 16.8. The molecule has 0 fully saturated rings. The van der Waals surface area contributed by atoms with Crippen LogP contribution >= 0.6 is 15.9 Å².